The molecule has 144 valence electrons. The molecule has 1 atom stereocenters. The van der Waals surface area contributed by atoms with Crippen LogP contribution in [0.25, 0.3) is 0 Å². The molecule has 10 heteroatoms. The Morgan fingerprint density at radius 2 is 1.30 bits per heavy atom. The van der Waals surface area contributed by atoms with Crippen molar-refractivity contribution in [1.29, 1.82) is 0 Å². The molecule has 0 aliphatic carbocycles. The van der Waals surface area contributed by atoms with Crippen LogP contribution in [-0.2, 0) is 24.8 Å². The van der Waals surface area contributed by atoms with Crippen LogP contribution in [0.15, 0.2) is 70.5 Å². The van der Waals surface area contributed by atoms with Crippen LogP contribution in [0, 0.1) is 0 Å². The number of nitrogens with two attached hydrogens (primary N) is 1. The number of rotatable bonds is 5. The summed E-state index contributed by atoms with van der Waals surface area (Å²) in [5, 5.41) is 0. The van der Waals surface area contributed by atoms with Crippen LogP contribution in [0.5, 0.6) is 0 Å². The number of amides is 1. The zero-order valence-electron chi connectivity index (χ0n) is 14.3. The van der Waals surface area contributed by atoms with Crippen LogP contribution in [0.3, 0.4) is 0 Å². The van der Waals surface area contributed by atoms with Crippen LogP contribution in [0.1, 0.15) is 0 Å². The van der Waals surface area contributed by atoms with Gasteiger partial charge in [-0.1, -0.05) is 36.4 Å². The largest absolute Gasteiger partial charge is 0.368 e. The van der Waals surface area contributed by atoms with E-state index < -0.39 is 32.0 Å². The van der Waals surface area contributed by atoms with Crippen LogP contribution < -0.4 is 5.73 Å². The first-order chi connectivity index (χ1) is 12.7. The summed E-state index contributed by atoms with van der Waals surface area (Å²) in [6.45, 7) is -0.581. The van der Waals surface area contributed by atoms with E-state index in [0.29, 0.717) is 0 Å². The molecule has 2 N–H and O–H groups in total. The van der Waals surface area contributed by atoms with E-state index in [1.54, 1.807) is 36.4 Å². The molecule has 1 heterocycles. The molecule has 0 saturated carbocycles. The van der Waals surface area contributed by atoms with Gasteiger partial charge in [-0.3, -0.25) is 4.79 Å². The highest BCUT2D eigenvalue weighted by molar-refractivity contribution is 7.89. The highest BCUT2D eigenvalue weighted by Crippen LogP contribution is 2.25. The molecule has 1 aliphatic rings. The van der Waals surface area contributed by atoms with E-state index in [9.17, 15) is 21.6 Å². The zero-order valence-corrected chi connectivity index (χ0v) is 15.9. The number of carbonyl (C=O) groups is 1. The summed E-state index contributed by atoms with van der Waals surface area (Å²) in [7, 11) is -7.84. The van der Waals surface area contributed by atoms with Gasteiger partial charge in [-0.15, -0.1) is 0 Å². The smallest absolute Gasteiger partial charge is 0.243 e. The lowest BCUT2D eigenvalue weighted by Crippen LogP contribution is -2.60. The standard InChI is InChI=1S/C17H19N3O5S2/c18-17(21)16-13-19(26(22,23)14-7-3-1-4-8-14)11-12-20(16)27(24,25)15-9-5-2-6-10-15/h1-10,16H,11-13H2,(H2,18,21). The Hall–Kier alpha value is -2.27. The summed E-state index contributed by atoms with van der Waals surface area (Å²) in [5.74, 6) is -0.900. The second kappa shape index (κ2) is 7.39. The maximum atomic E-state index is 12.9. The third-order valence-corrected chi connectivity index (χ3v) is 8.15. The summed E-state index contributed by atoms with van der Waals surface area (Å²) < 4.78 is 53.4. The van der Waals surface area contributed by atoms with Gasteiger partial charge in [0.05, 0.1) is 9.79 Å². The number of sulfonamides is 2. The molecule has 0 radical (unpaired) electrons. The molecule has 1 saturated heterocycles. The number of hydrogen-bond acceptors (Lipinski definition) is 5. The molecule has 3 rings (SSSR count). The van der Waals surface area contributed by atoms with Crippen molar-refractivity contribution in [3.8, 4) is 0 Å². The number of benzene rings is 2. The van der Waals surface area contributed by atoms with Gasteiger partial charge in [0, 0.05) is 19.6 Å². The topological polar surface area (TPSA) is 118 Å². The van der Waals surface area contributed by atoms with Gasteiger partial charge >= 0.3 is 0 Å². The third kappa shape index (κ3) is 3.74. The van der Waals surface area contributed by atoms with Gasteiger partial charge in [-0.2, -0.15) is 8.61 Å². The Bertz CT molecular complexity index is 1020. The first-order valence-electron chi connectivity index (χ1n) is 8.16. The van der Waals surface area contributed by atoms with E-state index in [1.165, 1.54) is 24.3 Å². The Morgan fingerprint density at radius 1 is 0.815 bits per heavy atom. The van der Waals surface area contributed by atoms with Crippen molar-refractivity contribution in [2.75, 3.05) is 19.6 Å². The van der Waals surface area contributed by atoms with Crippen LogP contribution in [0.4, 0.5) is 0 Å². The highest BCUT2D eigenvalue weighted by atomic mass is 32.2. The molecule has 0 aromatic heterocycles. The first kappa shape index (κ1) is 19.5. The number of carbonyl (C=O) groups excluding carboxylic acids is 1. The fourth-order valence-electron chi connectivity index (χ4n) is 2.95. The number of piperazine rings is 1. The second-order valence-corrected chi connectivity index (χ2v) is 9.85. The number of nitrogens with zero attached hydrogens (tertiary/aromatic N) is 2. The Balaban J connectivity index is 1.92. The second-order valence-electron chi connectivity index (χ2n) is 6.02. The molecule has 1 fully saturated rings. The number of hydrogen-bond donors (Lipinski definition) is 1. The van der Waals surface area contributed by atoms with E-state index >= 15 is 0 Å². The molecular weight excluding hydrogens is 390 g/mol. The van der Waals surface area contributed by atoms with Crippen molar-refractivity contribution in [2.45, 2.75) is 15.8 Å². The summed E-state index contributed by atoms with van der Waals surface area (Å²) in [6, 6.07) is 14.1. The predicted molar refractivity (Wildman–Crippen MR) is 98.5 cm³/mol. The fraction of sp³-hybridized carbons (Fsp3) is 0.235. The molecule has 0 spiro atoms. The van der Waals surface area contributed by atoms with E-state index in [4.69, 9.17) is 5.73 Å². The maximum absolute atomic E-state index is 12.9. The van der Waals surface area contributed by atoms with E-state index in [1.807, 2.05) is 0 Å². The SMILES string of the molecule is NC(=O)C1CN(S(=O)(=O)c2ccccc2)CCN1S(=O)(=O)c1ccccc1. The van der Waals surface area contributed by atoms with Gasteiger partial charge in [-0.05, 0) is 24.3 Å². The summed E-state index contributed by atoms with van der Waals surface area (Å²) in [6.07, 6.45) is 0. The van der Waals surface area contributed by atoms with Crippen molar-refractivity contribution < 1.29 is 21.6 Å². The van der Waals surface area contributed by atoms with Gasteiger partial charge in [0.2, 0.25) is 26.0 Å². The molecule has 0 bridgehead atoms. The van der Waals surface area contributed by atoms with E-state index in [2.05, 4.69) is 0 Å². The molecule has 1 amide bonds. The number of primary amides is 1. The summed E-state index contributed by atoms with van der Waals surface area (Å²) in [4.78, 5) is 12.0. The minimum absolute atomic E-state index is 0.0237. The van der Waals surface area contributed by atoms with Crippen molar-refractivity contribution in [1.82, 2.24) is 8.61 Å². The minimum atomic E-state index is -3.98. The van der Waals surface area contributed by atoms with Crippen LogP contribution >= 0.6 is 0 Å². The van der Waals surface area contributed by atoms with Crippen molar-refractivity contribution in [3.05, 3.63) is 60.7 Å². The minimum Gasteiger partial charge on any atom is -0.368 e. The lowest BCUT2D eigenvalue weighted by molar-refractivity contribution is -0.122. The quantitative estimate of drug-likeness (QED) is 0.759. The molecular formula is C17H19N3O5S2. The van der Waals surface area contributed by atoms with Gasteiger partial charge in [0.25, 0.3) is 0 Å². The van der Waals surface area contributed by atoms with Gasteiger partial charge in [0.1, 0.15) is 6.04 Å². The van der Waals surface area contributed by atoms with Crippen molar-refractivity contribution in [3.63, 3.8) is 0 Å². The maximum Gasteiger partial charge on any atom is 0.243 e. The molecule has 8 nitrogen and oxygen atoms in total. The third-order valence-electron chi connectivity index (χ3n) is 4.35. The van der Waals surface area contributed by atoms with Gasteiger partial charge in [0.15, 0.2) is 0 Å². The highest BCUT2D eigenvalue weighted by Gasteiger charge is 2.42. The molecule has 1 aliphatic heterocycles. The average Bonchev–Trinajstić information content (AvgIpc) is 2.68. The predicted octanol–water partition coefficient (Wildman–Crippen LogP) is 0.236. The van der Waals surface area contributed by atoms with Crippen LogP contribution in [-0.4, -0.2) is 57.0 Å². The fourth-order valence-corrected chi connectivity index (χ4v) is 6.01. The van der Waals surface area contributed by atoms with Crippen LogP contribution in [0.2, 0.25) is 0 Å². The normalized spacial score (nSPS) is 19.6. The average molecular weight is 409 g/mol. The van der Waals surface area contributed by atoms with Gasteiger partial charge in [-0.25, -0.2) is 16.8 Å². The molecule has 2 aromatic carbocycles. The molecule has 1 unspecified atom stereocenters. The van der Waals surface area contributed by atoms with Crippen molar-refractivity contribution in [2.24, 2.45) is 5.73 Å². The zero-order chi connectivity index (χ0) is 19.7. The van der Waals surface area contributed by atoms with Crippen molar-refractivity contribution >= 4 is 26.0 Å². The summed E-state index contributed by atoms with van der Waals surface area (Å²) >= 11 is 0. The Labute approximate surface area is 158 Å². The Morgan fingerprint density at radius 3 is 1.78 bits per heavy atom. The summed E-state index contributed by atoms with van der Waals surface area (Å²) in [5.41, 5.74) is 5.41. The lowest BCUT2D eigenvalue weighted by atomic mass is 10.2. The Kier molecular flexibility index (Phi) is 5.33. The molecule has 27 heavy (non-hydrogen) atoms. The molecule has 2 aromatic rings. The first-order valence-corrected chi connectivity index (χ1v) is 11.0. The van der Waals surface area contributed by atoms with E-state index in [0.717, 1.165) is 8.61 Å². The lowest BCUT2D eigenvalue weighted by Gasteiger charge is -2.38. The van der Waals surface area contributed by atoms with Gasteiger partial charge < -0.3 is 5.73 Å². The van der Waals surface area contributed by atoms with E-state index in [-0.39, 0.29) is 29.4 Å². The monoisotopic (exact) mass is 409 g/mol.